The van der Waals surface area contributed by atoms with Gasteiger partial charge < -0.3 is 20.1 Å². The number of pyridine rings is 1. The summed E-state index contributed by atoms with van der Waals surface area (Å²) in [7, 11) is 0. The predicted molar refractivity (Wildman–Crippen MR) is 226 cm³/mol. The highest BCUT2D eigenvalue weighted by molar-refractivity contribution is 6.22. The summed E-state index contributed by atoms with van der Waals surface area (Å²) in [6.07, 6.45) is 5.61. The van der Waals surface area contributed by atoms with Gasteiger partial charge in [0.15, 0.2) is 0 Å². The highest BCUT2D eigenvalue weighted by Crippen LogP contribution is 2.29. The number of hydrogen-bond donors (Lipinski definition) is 3. The summed E-state index contributed by atoms with van der Waals surface area (Å²) in [6, 6.07) is 18.9. The van der Waals surface area contributed by atoms with Gasteiger partial charge in [-0.05, 0) is 73.4 Å². The van der Waals surface area contributed by atoms with Crippen molar-refractivity contribution in [2.24, 2.45) is 0 Å². The van der Waals surface area contributed by atoms with Gasteiger partial charge in [0, 0.05) is 82.1 Å². The largest absolute Gasteiger partial charge is 0.371 e. The van der Waals surface area contributed by atoms with Gasteiger partial charge in [-0.2, -0.15) is 10.1 Å². The molecule has 62 heavy (non-hydrogen) atoms. The fourth-order valence-electron chi connectivity index (χ4n) is 9.35. The van der Waals surface area contributed by atoms with Gasteiger partial charge in [-0.15, -0.1) is 0 Å². The maximum atomic E-state index is 13.3. The smallest absolute Gasteiger partial charge is 0.343 e. The number of benzene rings is 2. The number of nitrogens with one attached hydrogen (secondary N) is 3. The molecule has 0 bridgehead atoms. The summed E-state index contributed by atoms with van der Waals surface area (Å²) in [5.41, 5.74) is 5.75. The fraction of sp³-hybridized carbons (Fsp3) is 0.364. The van der Waals surface area contributed by atoms with Gasteiger partial charge in [-0.3, -0.25) is 43.8 Å². The number of nitrogens with zero attached hydrogens (tertiary/aromatic N) is 9. The molecule has 3 saturated heterocycles. The van der Waals surface area contributed by atoms with E-state index in [-0.39, 0.29) is 47.6 Å². The van der Waals surface area contributed by atoms with E-state index in [4.69, 9.17) is 0 Å². The average molecular weight is 839 g/mol. The predicted octanol–water partition coefficient (Wildman–Crippen LogP) is 3.08. The number of rotatable bonds is 9. The summed E-state index contributed by atoms with van der Waals surface area (Å²) in [5, 5.41) is 15.1. The van der Waals surface area contributed by atoms with Crippen LogP contribution in [-0.4, -0.2) is 133 Å². The van der Waals surface area contributed by atoms with E-state index < -0.39 is 23.8 Å². The van der Waals surface area contributed by atoms with Gasteiger partial charge in [0.1, 0.15) is 17.0 Å². The minimum atomic E-state index is -0.771. The van der Waals surface area contributed by atoms with Crippen molar-refractivity contribution in [1.82, 2.24) is 49.8 Å². The molecule has 5 aliphatic rings. The zero-order valence-corrected chi connectivity index (χ0v) is 34.2. The quantitative estimate of drug-likeness (QED) is 0.185. The molecule has 8 heterocycles. The van der Waals surface area contributed by atoms with Crippen LogP contribution < -0.4 is 20.9 Å². The average Bonchev–Trinajstić information content (AvgIpc) is 3.96. The van der Waals surface area contributed by atoms with Crippen molar-refractivity contribution in [2.45, 2.75) is 51.4 Å². The second-order valence-corrected chi connectivity index (χ2v) is 16.7. The second kappa shape index (κ2) is 15.8. The zero-order valence-electron chi connectivity index (χ0n) is 34.2. The Bertz CT molecular complexity index is 2640. The van der Waals surface area contributed by atoms with Crippen LogP contribution in [0.2, 0.25) is 0 Å². The van der Waals surface area contributed by atoms with E-state index in [9.17, 15) is 28.8 Å². The van der Waals surface area contributed by atoms with E-state index in [1.165, 1.54) is 5.69 Å². The second-order valence-electron chi connectivity index (χ2n) is 16.7. The monoisotopic (exact) mass is 838 g/mol. The summed E-state index contributed by atoms with van der Waals surface area (Å²) in [4.78, 5) is 87.9. The fourth-order valence-corrected chi connectivity index (χ4v) is 9.35. The maximum absolute atomic E-state index is 13.3. The standard InChI is InChI=1S/C44H46N12O6/c1-27-22-45-41(59)37-21-30-5-9-36(48-39(30)55(27)37)40(58)47-31-23-46-53(26-31)25-28-2-6-32(7-3-28)51-13-10-33(11-14-51)52-18-16-50(17-19-52)24-29-4-8-34-35(20-29)43(61)56(42(34)60)54-15-12-38(57)49-44(54)62/h2-9,20-21,23,26-27,33H,10-19,22,24-25H2,1H3,(H,45,59)(H,47,58)(H,49,57,62)/t27-/m1/s1. The molecule has 3 aromatic heterocycles. The Labute approximate surface area is 356 Å². The van der Waals surface area contributed by atoms with Crippen LogP contribution >= 0.6 is 0 Å². The van der Waals surface area contributed by atoms with Crippen LogP contribution in [0.1, 0.15) is 85.0 Å². The normalized spacial score (nSPS) is 20.1. The number of piperazine rings is 1. The number of piperidine rings is 1. The van der Waals surface area contributed by atoms with Crippen LogP contribution in [0.4, 0.5) is 16.2 Å². The number of amides is 7. The van der Waals surface area contributed by atoms with E-state index in [0.717, 1.165) is 78.6 Å². The molecule has 5 aliphatic heterocycles. The van der Waals surface area contributed by atoms with Crippen LogP contribution in [0, 0.1) is 0 Å². The number of imide groups is 2. The number of hydrogen-bond acceptors (Lipinski definition) is 11. The highest BCUT2D eigenvalue weighted by Gasteiger charge is 2.43. The molecule has 3 fully saturated rings. The molecule has 0 saturated carbocycles. The van der Waals surface area contributed by atoms with Gasteiger partial charge in [-0.25, -0.2) is 14.8 Å². The number of anilines is 2. The maximum Gasteiger partial charge on any atom is 0.343 e. The number of urea groups is 1. The molecule has 18 heteroatoms. The van der Waals surface area contributed by atoms with Gasteiger partial charge in [0.05, 0.1) is 42.1 Å². The Balaban J connectivity index is 0.679. The summed E-state index contributed by atoms with van der Waals surface area (Å²) in [6.45, 7) is 9.36. The van der Waals surface area contributed by atoms with E-state index in [2.05, 4.69) is 65.0 Å². The molecular weight excluding hydrogens is 793 g/mol. The number of hydrazine groups is 1. The summed E-state index contributed by atoms with van der Waals surface area (Å²) in [5.74, 6) is -2.03. The number of carbonyl (C=O) groups excluding carboxylic acids is 6. The lowest BCUT2D eigenvalue weighted by Crippen LogP contribution is -2.58. The molecule has 2 aromatic carbocycles. The van der Waals surface area contributed by atoms with Crippen molar-refractivity contribution in [3.63, 3.8) is 0 Å². The first-order valence-electron chi connectivity index (χ1n) is 21.1. The number of fused-ring (bicyclic) bond motifs is 4. The molecule has 0 radical (unpaired) electrons. The Morgan fingerprint density at radius 2 is 1.58 bits per heavy atom. The summed E-state index contributed by atoms with van der Waals surface area (Å²) < 4.78 is 3.68. The first-order valence-corrected chi connectivity index (χ1v) is 21.1. The molecule has 7 amide bonds. The van der Waals surface area contributed by atoms with Crippen molar-refractivity contribution < 1.29 is 28.8 Å². The highest BCUT2D eigenvalue weighted by atomic mass is 16.2. The molecule has 0 spiro atoms. The number of aromatic nitrogens is 4. The molecule has 18 nitrogen and oxygen atoms in total. The van der Waals surface area contributed by atoms with Crippen LogP contribution in [-0.2, 0) is 17.9 Å². The lowest BCUT2D eigenvalue weighted by molar-refractivity contribution is -0.122. The van der Waals surface area contributed by atoms with Crippen molar-refractivity contribution in [2.75, 3.05) is 62.6 Å². The van der Waals surface area contributed by atoms with Crippen molar-refractivity contribution in [3.05, 3.63) is 107 Å². The van der Waals surface area contributed by atoms with Gasteiger partial charge >= 0.3 is 6.03 Å². The molecule has 3 N–H and O–H groups in total. The molecule has 5 aromatic rings. The first kappa shape index (κ1) is 39.2. The number of carbonyl (C=O) groups is 6. The van der Waals surface area contributed by atoms with Gasteiger partial charge in [-0.1, -0.05) is 18.2 Å². The molecule has 0 unspecified atom stereocenters. The minimum Gasteiger partial charge on any atom is -0.371 e. The molecular formula is C44H46N12O6. The molecule has 10 rings (SSSR count). The Morgan fingerprint density at radius 3 is 2.35 bits per heavy atom. The van der Waals surface area contributed by atoms with E-state index in [1.807, 2.05) is 23.6 Å². The lowest BCUT2D eigenvalue weighted by atomic mass is 10.0. The minimum absolute atomic E-state index is 0.0200. The van der Waals surface area contributed by atoms with Crippen LogP contribution in [0.15, 0.2) is 73.1 Å². The van der Waals surface area contributed by atoms with Crippen molar-refractivity contribution >= 4 is 58.0 Å². The van der Waals surface area contributed by atoms with Crippen LogP contribution in [0.5, 0.6) is 0 Å². The Morgan fingerprint density at radius 1 is 0.823 bits per heavy atom. The molecule has 0 aliphatic carbocycles. The van der Waals surface area contributed by atoms with Crippen molar-refractivity contribution in [3.8, 4) is 0 Å². The first-order chi connectivity index (χ1) is 30.1. The van der Waals surface area contributed by atoms with E-state index in [1.54, 1.807) is 41.3 Å². The van der Waals surface area contributed by atoms with Gasteiger partial charge in [0.25, 0.3) is 23.6 Å². The zero-order chi connectivity index (χ0) is 42.6. The Hall–Kier alpha value is -6.92. The SMILES string of the molecule is C[C@@H]1CNC(=O)c2cc3ccc(C(=O)Nc4cnn(Cc5ccc(N6CCC(N7CCN(Cc8ccc9c(c8)C(=O)N(N8CCC(=O)NC8=O)C9=O)CC7)CC6)cc5)c4)nc3n21. The molecule has 1 atom stereocenters. The third kappa shape index (κ3) is 7.34. The van der Waals surface area contributed by atoms with Crippen LogP contribution in [0.3, 0.4) is 0 Å². The van der Waals surface area contributed by atoms with E-state index in [0.29, 0.717) is 42.7 Å². The third-order valence-electron chi connectivity index (χ3n) is 12.7. The van der Waals surface area contributed by atoms with Gasteiger partial charge in [0.2, 0.25) is 5.91 Å². The topological polar surface area (TPSA) is 190 Å². The Kier molecular flexibility index (Phi) is 10.0. The summed E-state index contributed by atoms with van der Waals surface area (Å²) >= 11 is 0. The van der Waals surface area contributed by atoms with Crippen LogP contribution in [0.25, 0.3) is 11.0 Å². The lowest BCUT2D eigenvalue weighted by Gasteiger charge is -2.43. The van der Waals surface area contributed by atoms with Crippen molar-refractivity contribution in [1.29, 1.82) is 0 Å². The third-order valence-corrected chi connectivity index (χ3v) is 12.7. The molecule has 318 valence electrons. The van der Waals surface area contributed by atoms with E-state index >= 15 is 0 Å².